The second kappa shape index (κ2) is 4.32. The minimum atomic E-state index is 1.19. The normalized spacial score (nSPS) is 17.0. The van der Waals surface area contributed by atoms with Crippen molar-refractivity contribution < 1.29 is 0 Å². The summed E-state index contributed by atoms with van der Waals surface area (Å²) >= 11 is 0. The van der Waals surface area contributed by atoms with Gasteiger partial charge in [0.1, 0.15) is 0 Å². The Balaban J connectivity index is 0.000000371. The predicted molar refractivity (Wildman–Crippen MR) is 48.1 cm³/mol. The van der Waals surface area contributed by atoms with Crippen LogP contribution in [-0.2, 0) is 0 Å². The molecule has 1 aliphatic rings. The number of hydrogen-bond acceptors (Lipinski definition) is 0. The zero-order valence-corrected chi connectivity index (χ0v) is 7.62. The molecular weight excluding hydrogens is 120 g/mol. The van der Waals surface area contributed by atoms with Gasteiger partial charge in [-0.3, -0.25) is 0 Å². The Morgan fingerprint density at radius 1 is 1.10 bits per heavy atom. The highest BCUT2D eigenvalue weighted by Gasteiger charge is 2.08. The van der Waals surface area contributed by atoms with Crippen molar-refractivity contribution in [2.24, 2.45) is 0 Å². The van der Waals surface area contributed by atoms with Crippen LogP contribution in [0.1, 0.15) is 40.5 Å². The zero-order valence-electron chi connectivity index (χ0n) is 7.62. The van der Waals surface area contributed by atoms with Gasteiger partial charge < -0.3 is 0 Å². The first-order valence-electron chi connectivity index (χ1n) is 4.06. The van der Waals surface area contributed by atoms with Crippen molar-refractivity contribution in [2.75, 3.05) is 0 Å². The Morgan fingerprint density at radius 3 is 1.70 bits per heavy atom. The van der Waals surface area contributed by atoms with Crippen LogP contribution in [0.3, 0.4) is 0 Å². The van der Waals surface area contributed by atoms with Gasteiger partial charge in [-0.15, -0.1) is 0 Å². The summed E-state index contributed by atoms with van der Waals surface area (Å²) in [6.07, 6.45) is 2.43. The zero-order chi connectivity index (χ0) is 8.15. The first-order chi connectivity index (χ1) is 4.72. The van der Waals surface area contributed by atoms with Gasteiger partial charge in [-0.1, -0.05) is 31.6 Å². The smallest absolute Gasteiger partial charge is 0.0245 e. The van der Waals surface area contributed by atoms with Gasteiger partial charge in [0.25, 0.3) is 0 Å². The van der Waals surface area contributed by atoms with Crippen molar-refractivity contribution in [3.05, 3.63) is 23.3 Å². The first-order valence-corrected chi connectivity index (χ1v) is 4.06. The fourth-order valence-corrected chi connectivity index (χ4v) is 1.02. The van der Waals surface area contributed by atoms with Crippen molar-refractivity contribution in [1.29, 1.82) is 0 Å². The van der Waals surface area contributed by atoms with E-state index in [2.05, 4.69) is 20.4 Å². The molecule has 0 fully saturated rings. The molecule has 0 N–H and O–H groups in total. The van der Waals surface area contributed by atoms with Crippen molar-refractivity contribution in [3.8, 4) is 0 Å². The lowest BCUT2D eigenvalue weighted by molar-refractivity contribution is 1.01. The summed E-state index contributed by atoms with van der Waals surface area (Å²) in [5.74, 6) is 0. The summed E-state index contributed by atoms with van der Waals surface area (Å²) in [7, 11) is 0. The fourth-order valence-electron chi connectivity index (χ4n) is 1.02. The van der Waals surface area contributed by atoms with Crippen LogP contribution in [0.4, 0.5) is 0 Å². The van der Waals surface area contributed by atoms with Gasteiger partial charge in [0, 0.05) is 0 Å². The molecule has 0 amide bonds. The van der Waals surface area contributed by atoms with E-state index in [1.54, 1.807) is 0 Å². The molecule has 1 rings (SSSR count). The minimum Gasteiger partial charge on any atom is -0.0956 e. The quantitative estimate of drug-likeness (QED) is 0.479. The highest BCUT2D eigenvalue weighted by Crippen LogP contribution is 2.28. The van der Waals surface area contributed by atoms with Crippen LogP contribution in [0.5, 0.6) is 0 Å². The van der Waals surface area contributed by atoms with E-state index in [9.17, 15) is 0 Å². The minimum absolute atomic E-state index is 1.19. The average molecular weight is 138 g/mol. The fraction of sp³-hybridized carbons (Fsp3) is 0.600. The van der Waals surface area contributed by atoms with E-state index in [0.717, 1.165) is 0 Å². The highest BCUT2D eigenvalue weighted by molar-refractivity contribution is 5.36. The molecule has 0 aromatic carbocycles. The molecule has 1 aliphatic carbocycles. The Labute approximate surface area is 64.6 Å². The predicted octanol–water partition coefficient (Wildman–Crippen LogP) is 3.70. The molecule has 58 valence electrons. The molecule has 0 saturated heterocycles. The van der Waals surface area contributed by atoms with Crippen LogP contribution in [-0.4, -0.2) is 0 Å². The Kier molecular flexibility index (Phi) is 4.10. The monoisotopic (exact) mass is 138 g/mol. The molecule has 0 unspecified atom stereocenters. The molecule has 0 heterocycles. The Hall–Kier alpha value is -0.520. The maximum Gasteiger partial charge on any atom is -0.0245 e. The van der Waals surface area contributed by atoms with E-state index in [-0.39, 0.29) is 0 Å². The number of hydrogen-bond donors (Lipinski definition) is 0. The average Bonchev–Trinajstić information content (AvgIpc) is 2.25. The molecule has 0 aromatic heterocycles. The van der Waals surface area contributed by atoms with Gasteiger partial charge in [0.05, 0.1) is 0 Å². The second-order valence-corrected chi connectivity index (χ2v) is 2.51. The van der Waals surface area contributed by atoms with Crippen molar-refractivity contribution in [3.63, 3.8) is 0 Å². The lowest BCUT2D eigenvalue weighted by atomic mass is 10.1. The largest absolute Gasteiger partial charge is 0.0956 e. The molecule has 0 bridgehead atoms. The standard InChI is InChI=1S/C8H12.C2H6/c1-6-4-5-7(2)8(6)3;1-2/h1,4-5H2,2-3H3;1-2H3. The summed E-state index contributed by atoms with van der Waals surface area (Å²) in [5, 5.41) is 0. The third-order valence-corrected chi connectivity index (χ3v) is 1.97. The van der Waals surface area contributed by atoms with E-state index < -0.39 is 0 Å². The van der Waals surface area contributed by atoms with Crippen LogP contribution in [0.25, 0.3) is 0 Å². The molecular formula is C10H18. The molecule has 0 aromatic rings. The van der Waals surface area contributed by atoms with Gasteiger partial charge >= 0.3 is 0 Å². The van der Waals surface area contributed by atoms with Crippen LogP contribution < -0.4 is 0 Å². The summed E-state index contributed by atoms with van der Waals surface area (Å²) < 4.78 is 0. The molecule has 0 radical (unpaired) electrons. The van der Waals surface area contributed by atoms with E-state index in [1.807, 2.05) is 13.8 Å². The second-order valence-electron chi connectivity index (χ2n) is 2.51. The van der Waals surface area contributed by atoms with Crippen LogP contribution >= 0.6 is 0 Å². The maximum atomic E-state index is 3.93. The van der Waals surface area contributed by atoms with E-state index in [4.69, 9.17) is 0 Å². The topological polar surface area (TPSA) is 0 Å². The van der Waals surface area contributed by atoms with E-state index in [0.29, 0.717) is 0 Å². The lowest BCUT2D eigenvalue weighted by Gasteiger charge is -1.91. The van der Waals surface area contributed by atoms with Crippen molar-refractivity contribution >= 4 is 0 Å². The molecule has 0 aliphatic heterocycles. The summed E-state index contributed by atoms with van der Waals surface area (Å²) in [4.78, 5) is 0. The van der Waals surface area contributed by atoms with E-state index in [1.165, 1.54) is 29.6 Å². The summed E-state index contributed by atoms with van der Waals surface area (Å²) in [5.41, 5.74) is 4.29. The molecule has 0 spiro atoms. The third-order valence-electron chi connectivity index (χ3n) is 1.97. The molecule has 10 heavy (non-hydrogen) atoms. The van der Waals surface area contributed by atoms with Gasteiger partial charge in [-0.2, -0.15) is 0 Å². The molecule has 0 atom stereocenters. The van der Waals surface area contributed by atoms with Gasteiger partial charge in [-0.05, 0) is 32.3 Å². The third kappa shape index (κ3) is 2.02. The summed E-state index contributed by atoms with van der Waals surface area (Å²) in [6.45, 7) is 12.3. The molecule has 0 nitrogen and oxygen atoms in total. The van der Waals surface area contributed by atoms with Crippen molar-refractivity contribution in [1.82, 2.24) is 0 Å². The van der Waals surface area contributed by atoms with Gasteiger partial charge in [0.2, 0.25) is 0 Å². The van der Waals surface area contributed by atoms with Crippen molar-refractivity contribution in [2.45, 2.75) is 40.5 Å². The molecule has 0 heteroatoms. The number of rotatable bonds is 0. The van der Waals surface area contributed by atoms with Crippen LogP contribution in [0, 0.1) is 0 Å². The number of allylic oxidation sites excluding steroid dienone is 3. The van der Waals surface area contributed by atoms with Crippen LogP contribution in [0.2, 0.25) is 0 Å². The highest BCUT2D eigenvalue weighted by atomic mass is 14.1. The van der Waals surface area contributed by atoms with Gasteiger partial charge in [0.15, 0.2) is 0 Å². The SMILES string of the molecule is C=C1CCC(C)=C1C.CC. The Bertz CT molecular complexity index is 149. The maximum absolute atomic E-state index is 3.93. The first kappa shape index (κ1) is 9.48. The lowest BCUT2D eigenvalue weighted by Crippen LogP contribution is -1.71. The van der Waals surface area contributed by atoms with E-state index >= 15 is 0 Å². The summed E-state index contributed by atoms with van der Waals surface area (Å²) in [6, 6.07) is 0. The van der Waals surface area contributed by atoms with Gasteiger partial charge in [-0.25, -0.2) is 0 Å². The Morgan fingerprint density at radius 2 is 1.60 bits per heavy atom. The molecule has 0 saturated carbocycles. The van der Waals surface area contributed by atoms with Crippen LogP contribution in [0.15, 0.2) is 23.3 Å².